The van der Waals surface area contributed by atoms with E-state index in [2.05, 4.69) is 0 Å². The van der Waals surface area contributed by atoms with Crippen LogP contribution in [0.5, 0.6) is 0 Å². The van der Waals surface area contributed by atoms with Crippen LogP contribution >= 0.6 is 23.2 Å². The van der Waals surface area contributed by atoms with Gasteiger partial charge < -0.3 is 14.0 Å². The highest BCUT2D eigenvalue weighted by Crippen LogP contribution is 2.43. The van der Waals surface area contributed by atoms with Crippen molar-refractivity contribution >= 4 is 36.3 Å². The molecule has 1 heterocycles. The minimum atomic E-state index is -0.615. The zero-order chi connectivity index (χ0) is 18.1. The molecule has 0 amide bonds. The number of esters is 1. The van der Waals surface area contributed by atoms with Gasteiger partial charge in [-0.05, 0) is 46.2 Å². The Morgan fingerprint density at radius 2 is 1.79 bits per heavy atom. The number of hydrogen-bond acceptors (Lipinski definition) is 4. The summed E-state index contributed by atoms with van der Waals surface area (Å²) < 4.78 is 17.3. The van der Waals surface area contributed by atoms with Crippen LogP contribution < -0.4 is 0 Å². The van der Waals surface area contributed by atoms with E-state index in [1.807, 2.05) is 33.8 Å². The van der Waals surface area contributed by atoms with Crippen molar-refractivity contribution in [2.45, 2.75) is 58.1 Å². The van der Waals surface area contributed by atoms with Gasteiger partial charge in [-0.25, -0.2) is 0 Å². The molecule has 0 aliphatic carbocycles. The predicted molar refractivity (Wildman–Crippen MR) is 96.5 cm³/mol. The van der Waals surface area contributed by atoms with Crippen LogP contribution in [0.1, 0.15) is 52.4 Å². The molecule has 1 aromatic carbocycles. The van der Waals surface area contributed by atoms with E-state index in [4.69, 9.17) is 37.2 Å². The highest BCUT2D eigenvalue weighted by atomic mass is 35.5. The Hall–Kier alpha value is -0.745. The first kappa shape index (κ1) is 19.6. The summed E-state index contributed by atoms with van der Waals surface area (Å²) in [5, 5.41) is 0.836. The van der Waals surface area contributed by atoms with Crippen LogP contribution in [0.2, 0.25) is 10.0 Å². The van der Waals surface area contributed by atoms with Crippen LogP contribution in [-0.2, 0) is 18.8 Å². The zero-order valence-corrected chi connectivity index (χ0v) is 16.2. The molecule has 2 rings (SSSR count). The first-order valence-corrected chi connectivity index (χ1v) is 8.80. The second-order valence-corrected chi connectivity index (χ2v) is 7.67. The van der Waals surface area contributed by atoms with Gasteiger partial charge in [0.05, 0.1) is 34.3 Å². The summed E-state index contributed by atoms with van der Waals surface area (Å²) >= 11 is 12.5. The molecule has 1 fully saturated rings. The molecule has 1 aliphatic rings. The van der Waals surface area contributed by atoms with E-state index in [1.54, 1.807) is 19.1 Å². The van der Waals surface area contributed by atoms with Crippen molar-refractivity contribution in [3.8, 4) is 0 Å². The van der Waals surface area contributed by atoms with E-state index in [-0.39, 0.29) is 12.4 Å². The van der Waals surface area contributed by atoms with E-state index >= 15 is 0 Å². The van der Waals surface area contributed by atoms with Crippen LogP contribution in [0.15, 0.2) is 18.2 Å². The van der Waals surface area contributed by atoms with Crippen LogP contribution in [0.4, 0.5) is 0 Å². The van der Waals surface area contributed by atoms with Crippen molar-refractivity contribution in [1.29, 1.82) is 0 Å². The largest absolute Gasteiger partial charge is 0.466 e. The molecule has 1 aromatic rings. The summed E-state index contributed by atoms with van der Waals surface area (Å²) in [6, 6.07) is 5.34. The minimum absolute atomic E-state index is 0.102. The van der Waals surface area contributed by atoms with Crippen molar-refractivity contribution in [1.82, 2.24) is 0 Å². The molecule has 1 unspecified atom stereocenters. The third-order valence-corrected chi connectivity index (χ3v) is 5.51. The highest BCUT2D eigenvalue weighted by Gasteiger charge is 2.54. The molecular formula is C17H23BCl2O4. The SMILES string of the molecule is CCOC(=O)CC(B1OC(C)(C)C(C)(C)O1)c1cccc(Cl)c1Cl. The van der Waals surface area contributed by atoms with E-state index in [0.29, 0.717) is 16.7 Å². The maximum atomic E-state index is 12.1. The summed E-state index contributed by atoms with van der Waals surface area (Å²) in [6.07, 6.45) is 0.102. The third-order valence-electron chi connectivity index (χ3n) is 4.67. The number of benzene rings is 1. The quantitative estimate of drug-likeness (QED) is 0.556. The van der Waals surface area contributed by atoms with Crippen molar-refractivity contribution in [2.24, 2.45) is 0 Å². The van der Waals surface area contributed by atoms with Crippen molar-refractivity contribution < 1.29 is 18.8 Å². The van der Waals surface area contributed by atoms with Gasteiger partial charge in [0.15, 0.2) is 0 Å². The molecule has 4 nitrogen and oxygen atoms in total. The fraction of sp³-hybridized carbons (Fsp3) is 0.588. The maximum absolute atomic E-state index is 12.1. The second kappa shape index (κ2) is 7.24. The standard InChI is InChI=1S/C17H23BCl2O4/c1-6-22-14(21)10-12(11-8-7-9-13(19)15(11)20)18-23-16(2,3)17(4,5)24-18/h7-9,12H,6,10H2,1-5H3. The second-order valence-electron chi connectivity index (χ2n) is 6.88. The lowest BCUT2D eigenvalue weighted by atomic mass is 9.66. The summed E-state index contributed by atoms with van der Waals surface area (Å²) in [5.74, 6) is -0.732. The topological polar surface area (TPSA) is 44.8 Å². The van der Waals surface area contributed by atoms with Gasteiger partial charge in [0.2, 0.25) is 0 Å². The molecule has 1 atom stereocenters. The number of rotatable bonds is 5. The third kappa shape index (κ3) is 3.91. The summed E-state index contributed by atoms with van der Waals surface area (Å²) in [5.41, 5.74) is -0.290. The molecular weight excluding hydrogens is 350 g/mol. The Balaban J connectivity index is 2.37. The van der Waals surface area contributed by atoms with Gasteiger partial charge in [0.25, 0.3) is 0 Å². The molecule has 0 aromatic heterocycles. The number of hydrogen-bond donors (Lipinski definition) is 0. The van der Waals surface area contributed by atoms with Gasteiger partial charge in [-0.2, -0.15) is 0 Å². The van der Waals surface area contributed by atoms with Gasteiger partial charge in [0, 0.05) is 5.82 Å². The molecule has 0 saturated carbocycles. The Morgan fingerprint density at radius 1 is 1.21 bits per heavy atom. The molecule has 7 heteroatoms. The van der Waals surface area contributed by atoms with E-state index in [1.165, 1.54) is 0 Å². The normalized spacial score (nSPS) is 20.0. The average Bonchev–Trinajstić information content (AvgIpc) is 2.68. The minimum Gasteiger partial charge on any atom is -0.466 e. The van der Waals surface area contributed by atoms with Crippen molar-refractivity contribution in [3.63, 3.8) is 0 Å². The predicted octanol–water partition coefficient (Wildman–Crippen LogP) is 4.66. The molecule has 0 N–H and O–H groups in total. The lowest BCUT2D eigenvalue weighted by Crippen LogP contribution is -2.41. The van der Waals surface area contributed by atoms with Crippen molar-refractivity contribution in [3.05, 3.63) is 33.8 Å². The zero-order valence-electron chi connectivity index (χ0n) is 14.7. The van der Waals surface area contributed by atoms with Gasteiger partial charge in [-0.15, -0.1) is 0 Å². The Labute approximate surface area is 153 Å². The molecule has 0 radical (unpaired) electrons. The monoisotopic (exact) mass is 372 g/mol. The van der Waals surface area contributed by atoms with Gasteiger partial charge in [-0.1, -0.05) is 35.3 Å². The number of ether oxygens (including phenoxy) is 1. The number of carbonyl (C=O) groups excluding carboxylic acids is 1. The van der Waals surface area contributed by atoms with Gasteiger partial charge in [0.1, 0.15) is 0 Å². The van der Waals surface area contributed by atoms with Crippen LogP contribution in [-0.4, -0.2) is 30.9 Å². The Kier molecular flexibility index (Phi) is 5.91. The number of carbonyl (C=O) groups is 1. The number of halogens is 2. The van der Waals surface area contributed by atoms with E-state index in [9.17, 15) is 4.79 Å². The molecule has 0 bridgehead atoms. The van der Waals surface area contributed by atoms with Crippen LogP contribution in [0.25, 0.3) is 0 Å². The Bertz CT molecular complexity index is 603. The fourth-order valence-corrected chi connectivity index (χ4v) is 3.06. The van der Waals surface area contributed by atoms with Gasteiger partial charge >= 0.3 is 13.1 Å². The van der Waals surface area contributed by atoms with Crippen LogP contribution in [0.3, 0.4) is 0 Å². The maximum Gasteiger partial charge on any atom is 0.466 e. The lowest BCUT2D eigenvalue weighted by molar-refractivity contribution is -0.143. The molecule has 1 saturated heterocycles. The molecule has 132 valence electrons. The highest BCUT2D eigenvalue weighted by molar-refractivity contribution is 6.49. The average molecular weight is 373 g/mol. The smallest absolute Gasteiger partial charge is 0.466 e. The van der Waals surface area contributed by atoms with E-state index in [0.717, 1.165) is 5.56 Å². The van der Waals surface area contributed by atoms with Crippen molar-refractivity contribution in [2.75, 3.05) is 6.61 Å². The first-order valence-electron chi connectivity index (χ1n) is 8.04. The Morgan fingerprint density at radius 3 is 2.33 bits per heavy atom. The summed E-state index contributed by atoms with van der Waals surface area (Å²) in [7, 11) is -0.615. The van der Waals surface area contributed by atoms with Gasteiger partial charge in [-0.3, -0.25) is 4.79 Å². The van der Waals surface area contributed by atoms with E-state index < -0.39 is 24.1 Å². The lowest BCUT2D eigenvalue weighted by Gasteiger charge is -2.32. The summed E-state index contributed by atoms with van der Waals surface area (Å²) in [6.45, 7) is 9.95. The van der Waals surface area contributed by atoms with Crippen LogP contribution in [0, 0.1) is 0 Å². The fourth-order valence-electron chi connectivity index (χ4n) is 2.61. The molecule has 24 heavy (non-hydrogen) atoms. The molecule has 1 aliphatic heterocycles. The first-order chi connectivity index (χ1) is 11.1. The molecule has 0 spiro atoms. The summed E-state index contributed by atoms with van der Waals surface area (Å²) in [4.78, 5) is 12.1.